The van der Waals surface area contributed by atoms with Crippen LogP contribution in [0.25, 0.3) is 0 Å². The van der Waals surface area contributed by atoms with Crippen LogP contribution in [0.3, 0.4) is 0 Å². The first-order valence-corrected chi connectivity index (χ1v) is 8.25. The van der Waals surface area contributed by atoms with Crippen LogP contribution in [-0.4, -0.2) is 24.7 Å². The molecule has 2 amide bonds. The van der Waals surface area contributed by atoms with Crippen molar-refractivity contribution in [2.45, 2.75) is 13.0 Å². The maximum absolute atomic E-state index is 12.2. The Morgan fingerprint density at radius 3 is 2.76 bits per heavy atom. The first-order chi connectivity index (χ1) is 12.0. The van der Waals surface area contributed by atoms with Crippen molar-refractivity contribution in [1.82, 2.24) is 10.9 Å². The molecule has 1 heterocycles. The lowest BCUT2D eigenvalue weighted by atomic mass is 10.2. The normalized spacial score (nSPS) is 13.0. The summed E-state index contributed by atoms with van der Waals surface area (Å²) < 4.78 is 16.9. The Balaban J connectivity index is 1.57. The van der Waals surface area contributed by atoms with Gasteiger partial charge in [0.05, 0.1) is 5.56 Å². The van der Waals surface area contributed by atoms with Gasteiger partial charge < -0.3 is 14.2 Å². The van der Waals surface area contributed by atoms with Crippen LogP contribution in [0.2, 0.25) is 0 Å². The number of hydrazine groups is 1. The van der Waals surface area contributed by atoms with Crippen molar-refractivity contribution < 1.29 is 23.8 Å². The fourth-order valence-corrected chi connectivity index (χ4v) is 2.57. The van der Waals surface area contributed by atoms with E-state index in [2.05, 4.69) is 26.8 Å². The quantitative estimate of drug-likeness (QED) is 0.761. The van der Waals surface area contributed by atoms with Gasteiger partial charge in [0.25, 0.3) is 11.8 Å². The van der Waals surface area contributed by atoms with Crippen molar-refractivity contribution >= 4 is 27.7 Å². The van der Waals surface area contributed by atoms with E-state index < -0.39 is 17.9 Å². The summed E-state index contributed by atoms with van der Waals surface area (Å²) in [5.41, 5.74) is 4.95. The smallest absolute Gasteiger partial charge is 0.279 e. The van der Waals surface area contributed by atoms with Gasteiger partial charge in [-0.05, 0) is 37.3 Å². The van der Waals surface area contributed by atoms with Crippen LogP contribution in [0.15, 0.2) is 46.9 Å². The predicted molar refractivity (Wildman–Crippen MR) is 92.4 cm³/mol. The minimum atomic E-state index is -0.796. The summed E-state index contributed by atoms with van der Waals surface area (Å²) in [6.07, 6.45) is -0.796. The van der Waals surface area contributed by atoms with Gasteiger partial charge in [-0.25, -0.2) is 0 Å². The molecule has 0 spiro atoms. The van der Waals surface area contributed by atoms with Gasteiger partial charge in [0, 0.05) is 4.47 Å². The van der Waals surface area contributed by atoms with E-state index >= 15 is 0 Å². The molecule has 0 aliphatic carbocycles. The van der Waals surface area contributed by atoms with E-state index in [9.17, 15) is 9.59 Å². The Morgan fingerprint density at radius 2 is 1.96 bits per heavy atom. The molecule has 2 aromatic carbocycles. The summed E-state index contributed by atoms with van der Waals surface area (Å²) >= 11 is 3.33. The summed E-state index contributed by atoms with van der Waals surface area (Å²) in [5, 5.41) is 0. The summed E-state index contributed by atoms with van der Waals surface area (Å²) in [4.78, 5) is 24.3. The molecule has 7 nitrogen and oxygen atoms in total. The Kier molecular flexibility index (Phi) is 5.08. The van der Waals surface area contributed by atoms with E-state index in [1.165, 1.54) is 0 Å². The van der Waals surface area contributed by atoms with E-state index in [4.69, 9.17) is 14.2 Å². The first-order valence-electron chi connectivity index (χ1n) is 7.45. The Morgan fingerprint density at radius 1 is 1.16 bits per heavy atom. The van der Waals surface area contributed by atoms with Crippen molar-refractivity contribution in [3.63, 3.8) is 0 Å². The van der Waals surface area contributed by atoms with Crippen LogP contribution >= 0.6 is 15.9 Å². The molecule has 0 radical (unpaired) electrons. The first kappa shape index (κ1) is 17.1. The van der Waals surface area contributed by atoms with Gasteiger partial charge in [-0.3, -0.25) is 20.4 Å². The van der Waals surface area contributed by atoms with Gasteiger partial charge in [-0.15, -0.1) is 0 Å². The van der Waals surface area contributed by atoms with Crippen LogP contribution in [0.4, 0.5) is 0 Å². The van der Waals surface area contributed by atoms with Crippen LogP contribution in [0.1, 0.15) is 17.3 Å². The molecule has 1 atom stereocenters. The second-order valence-electron chi connectivity index (χ2n) is 5.20. The molecule has 1 unspecified atom stereocenters. The number of hydrogen-bond acceptors (Lipinski definition) is 5. The molecule has 1 aliphatic rings. The minimum absolute atomic E-state index is 0.0590. The Hall–Kier alpha value is -2.74. The molecule has 0 fully saturated rings. The van der Waals surface area contributed by atoms with E-state index in [0.29, 0.717) is 17.2 Å². The molecule has 25 heavy (non-hydrogen) atoms. The number of nitrogens with one attached hydrogen (secondary N) is 2. The molecule has 2 N–H and O–H groups in total. The van der Waals surface area contributed by atoms with Crippen LogP contribution < -0.4 is 25.1 Å². The number of carbonyl (C=O) groups excluding carboxylic acids is 2. The number of rotatable bonds is 4. The van der Waals surface area contributed by atoms with Crippen molar-refractivity contribution in [1.29, 1.82) is 0 Å². The molecular formula is C17H15BrN2O5. The molecule has 2 aromatic rings. The van der Waals surface area contributed by atoms with Gasteiger partial charge in [0.15, 0.2) is 17.6 Å². The van der Waals surface area contributed by atoms with Gasteiger partial charge in [0.2, 0.25) is 6.79 Å². The maximum atomic E-state index is 12.2. The van der Waals surface area contributed by atoms with E-state index in [1.54, 1.807) is 43.3 Å². The summed E-state index contributed by atoms with van der Waals surface area (Å²) in [5.74, 6) is 0.385. The molecule has 0 saturated heterocycles. The van der Waals surface area contributed by atoms with E-state index in [0.717, 1.165) is 4.47 Å². The maximum Gasteiger partial charge on any atom is 0.279 e. The van der Waals surface area contributed by atoms with Crippen LogP contribution in [0, 0.1) is 0 Å². The van der Waals surface area contributed by atoms with E-state index in [-0.39, 0.29) is 12.4 Å². The lowest BCUT2D eigenvalue weighted by molar-refractivity contribution is -0.128. The summed E-state index contributed by atoms with van der Waals surface area (Å²) in [6, 6.07) is 12.1. The molecular weight excluding hydrogens is 392 g/mol. The zero-order chi connectivity index (χ0) is 17.8. The monoisotopic (exact) mass is 406 g/mol. The average Bonchev–Trinajstić information content (AvgIpc) is 3.08. The summed E-state index contributed by atoms with van der Waals surface area (Å²) in [7, 11) is 0. The van der Waals surface area contributed by atoms with E-state index in [1.807, 2.05) is 6.07 Å². The standard InChI is InChI=1S/C17H15BrN2O5/c1-10(25-12-5-2-4-11(18)8-12)16(21)19-20-17(22)13-6-3-7-14-15(13)24-9-23-14/h2-8,10H,9H2,1H3,(H,19,21)(H,20,22). The number of hydrogen-bond donors (Lipinski definition) is 2. The highest BCUT2D eigenvalue weighted by Crippen LogP contribution is 2.35. The van der Waals surface area contributed by atoms with Gasteiger partial charge >= 0.3 is 0 Å². The van der Waals surface area contributed by atoms with Crippen LogP contribution in [-0.2, 0) is 4.79 Å². The number of amides is 2. The number of halogens is 1. The fourth-order valence-electron chi connectivity index (χ4n) is 2.19. The topological polar surface area (TPSA) is 85.9 Å². The van der Waals surface area contributed by atoms with Gasteiger partial charge in [-0.1, -0.05) is 28.1 Å². The highest BCUT2D eigenvalue weighted by Gasteiger charge is 2.23. The lowest BCUT2D eigenvalue weighted by Gasteiger charge is -2.15. The molecule has 0 aromatic heterocycles. The summed E-state index contributed by atoms with van der Waals surface area (Å²) in [6.45, 7) is 1.64. The molecule has 1 aliphatic heterocycles. The number of fused-ring (bicyclic) bond motifs is 1. The second kappa shape index (κ2) is 7.43. The fraction of sp³-hybridized carbons (Fsp3) is 0.176. The largest absolute Gasteiger partial charge is 0.481 e. The zero-order valence-electron chi connectivity index (χ0n) is 13.2. The third-order valence-corrected chi connectivity index (χ3v) is 3.91. The third kappa shape index (κ3) is 4.03. The van der Waals surface area contributed by atoms with Crippen molar-refractivity contribution in [2.24, 2.45) is 0 Å². The number of para-hydroxylation sites is 1. The van der Waals surface area contributed by atoms with Gasteiger partial charge in [0.1, 0.15) is 5.75 Å². The molecule has 130 valence electrons. The SMILES string of the molecule is CC(Oc1cccc(Br)c1)C(=O)NNC(=O)c1cccc2c1OCO2. The molecule has 8 heteroatoms. The Bertz CT molecular complexity index is 811. The number of benzene rings is 2. The average molecular weight is 407 g/mol. The molecule has 0 bridgehead atoms. The predicted octanol–water partition coefficient (Wildman–Crippen LogP) is 2.41. The number of carbonyl (C=O) groups is 2. The second-order valence-corrected chi connectivity index (χ2v) is 6.12. The molecule has 0 saturated carbocycles. The highest BCUT2D eigenvalue weighted by atomic mass is 79.9. The highest BCUT2D eigenvalue weighted by molar-refractivity contribution is 9.10. The lowest BCUT2D eigenvalue weighted by Crippen LogP contribution is -2.47. The molecule has 3 rings (SSSR count). The zero-order valence-corrected chi connectivity index (χ0v) is 14.8. The number of ether oxygens (including phenoxy) is 3. The van der Waals surface area contributed by atoms with Crippen LogP contribution in [0.5, 0.6) is 17.2 Å². The van der Waals surface area contributed by atoms with Crippen molar-refractivity contribution in [2.75, 3.05) is 6.79 Å². The van der Waals surface area contributed by atoms with Crippen molar-refractivity contribution in [3.05, 3.63) is 52.5 Å². The van der Waals surface area contributed by atoms with Gasteiger partial charge in [-0.2, -0.15) is 0 Å². The third-order valence-electron chi connectivity index (χ3n) is 3.42. The Labute approximate surface area is 152 Å². The van der Waals surface area contributed by atoms with Crippen molar-refractivity contribution in [3.8, 4) is 17.2 Å². The minimum Gasteiger partial charge on any atom is -0.481 e.